The molecule has 88 valence electrons. The zero-order valence-electron chi connectivity index (χ0n) is 9.60. The minimum Gasteiger partial charge on any atom is -0.286 e. The van der Waals surface area contributed by atoms with Crippen LogP contribution in [0.3, 0.4) is 0 Å². The van der Waals surface area contributed by atoms with Gasteiger partial charge in [-0.3, -0.25) is 4.40 Å². The summed E-state index contributed by atoms with van der Waals surface area (Å²) in [6, 6.07) is 8.50. The minimum absolute atomic E-state index is 0.778. The number of benzene rings is 1. The van der Waals surface area contributed by atoms with Crippen molar-refractivity contribution in [2.45, 2.75) is 12.8 Å². The van der Waals surface area contributed by atoms with E-state index in [9.17, 15) is 0 Å². The normalized spacial score (nSPS) is 13.4. The van der Waals surface area contributed by atoms with Gasteiger partial charge < -0.3 is 0 Å². The fraction of sp³-hybridized carbons (Fsp3) is 0.143. The Kier molecular flexibility index (Phi) is 2.08. The van der Waals surface area contributed by atoms with Crippen LogP contribution in [-0.2, 0) is 12.8 Å². The molecule has 4 rings (SSSR count). The van der Waals surface area contributed by atoms with E-state index in [1.807, 2.05) is 6.20 Å². The van der Waals surface area contributed by atoms with Gasteiger partial charge >= 0.3 is 0 Å². The first-order valence-corrected chi connectivity index (χ1v) is 6.73. The Morgan fingerprint density at radius 3 is 3.00 bits per heavy atom. The second kappa shape index (κ2) is 3.65. The van der Waals surface area contributed by atoms with Gasteiger partial charge in [0.15, 0.2) is 0 Å². The molecule has 1 aromatic carbocycles. The zero-order valence-corrected chi connectivity index (χ0v) is 11.2. The molecule has 0 fully saturated rings. The highest BCUT2D eigenvalue weighted by Gasteiger charge is 2.21. The van der Waals surface area contributed by atoms with Crippen LogP contribution in [0.4, 0.5) is 0 Å². The van der Waals surface area contributed by atoms with Crippen LogP contribution < -0.4 is 0 Å². The lowest BCUT2D eigenvalue weighted by atomic mass is 9.92. The van der Waals surface area contributed by atoms with E-state index in [4.69, 9.17) is 0 Å². The maximum absolute atomic E-state index is 4.67. The molecule has 0 saturated carbocycles. The van der Waals surface area contributed by atoms with Crippen molar-refractivity contribution in [2.24, 2.45) is 0 Å². The summed E-state index contributed by atoms with van der Waals surface area (Å²) in [5, 5.41) is 0. The maximum atomic E-state index is 4.67. The number of nitrogens with zero attached hydrogens (tertiary/aromatic N) is 3. The van der Waals surface area contributed by atoms with Crippen molar-refractivity contribution in [2.75, 3.05) is 0 Å². The molecule has 0 spiro atoms. The first-order valence-electron chi connectivity index (χ1n) is 5.94. The molecule has 0 radical (unpaired) electrons. The summed E-state index contributed by atoms with van der Waals surface area (Å²) in [5.74, 6) is 0.778. The molecule has 4 heteroatoms. The SMILES string of the molecule is Brc1cnc2nc3c(n2c1)CCc1ccccc1-3. The van der Waals surface area contributed by atoms with Gasteiger partial charge in [-0.2, -0.15) is 0 Å². The Bertz CT molecular complexity index is 761. The number of rotatable bonds is 0. The van der Waals surface area contributed by atoms with E-state index in [1.165, 1.54) is 16.8 Å². The molecule has 0 atom stereocenters. The lowest BCUT2D eigenvalue weighted by Crippen LogP contribution is -2.05. The molecule has 18 heavy (non-hydrogen) atoms. The molecule has 0 N–H and O–H groups in total. The Balaban J connectivity index is 2.08. The summed E-state index contributed by atoms with van der Waals surface area (Å²) in [5.41, 5.74) is 4.98. The second-order valence-electron chi connectivity index (χ2n) is 4.51. The number of halogens is 1. The molecule has 0 unspecified atom stereocenters. The monoisotopic (exact) mass is 299 g/mol. The molecule has 2 heterocycles. The van der Waals surface area contributed by atoms with E-state index in [2.05, 4.69) is 54.6 Å². The molecule has 0 aliphatic heterocycles. The number of aromatic nitrogens is 3. The van der Waals surface area contributed by atoms with Gasteiger partial charge in [0.25, 0.3) is 0 Å². The van der Waals surface area contributed by atoms with Crippen molar-refractivity contribution in [1.82, 2.24) is 14.4 Å². The van der Waals surface area contributed by atoms with Gasteiger partial charge in [-0.15, -0.1) is 0 Å². The molecule has 0 bridgehead atoms. The predicted molar refractivity (Wildman–Crippen MR) is 73.5 cm³/mol. The summed E-state index contributed by atoms with van der Waals surface area (Å²) in [6.45, 7) is 0. The Morgan fingerprint density at radius 1 is 1.17 bits per heavy atom. The standard InChI is InChI=1S/C14H10BrN3/c15-10-7-16-14-17-13-11-4-2-1-3-9(11)5-6-12(13)18(14)8-10/h1-4,7-8H,5-6H2. The van der Waals surface area contributed by atoms with Gasteiger partial charge in [0.2, 0.25) is 5.78 Å². The lowest BCUT2D eigenvalue weighted by Gasteiger charge is -2.15. The van der Waals surface area contributed by atoms with E-state index >= 15 is 0 Å². The van der Waals surface area contributed by atoms with E-state index in [0.717, 1.165) is 28.8 Å². The second-order valence-corrected chi connectivity index (χ2v) is 5.42. The average Bonchev–Trinajstić information content (AvgIpc) is 2.77. The quantitative estimate of drug-likeness (QED) is 0.638. The van der Waals surface area contributed by atoms with Crippen molar-refractivity contribution >= 4 is 21.7 Å². The van der Waals surface area contributed by atoms with Gasteiger partial charge in [-0.25, -0.2) is 9.97 Å². The smallest absolute Gasteiger partial charge is 0.234 e. The van der Waals surface area contributed by atoms with Crippen LogP contribution in [0.15, 0.2) is 41.1 Å². The molecule has 0 amide bonds. The number of imidazole rings is 1. The van der Waals surface area contributed by atoms with Gasteiger partial charge in [0, 0.05) is 18.0 Å². The van der Waals surface area contributed by atoms with Crippen molar-refractivity contribution in [3.05, 3.63) is 52.4 Å². The van der Waals surface area contributed by atoms with E-state index in [1.54, 1.807) is 6.20 Å². The number of hydrogen-bond acceptors (Lipinski definition) is 2. The third kappa shape index (κ3) is 1.35. The summed E-state index contributed by atoms with van der Waals surface area (Å²) >= 11 is 3.47. The first kappa shape index (κ1) is 10.3. The molecular weight excluding hydrogens is 290 g/mol. The third-order valence-electron chi connectivity index (χ3n) is 3.45. The van der Waals surface area contributed by atoms with Crippen LogP contribution >= 0.6 is 15.9 Å². The molecule has 1 aliphatic rings. The Hall–Kier alpha value is -1.68. The van der Waals surface area contributed by atoms with Crippen molar-refractivity contribution in [1.29, 1.82) is 0 Å². The van der Waals surface area contributed by atoms with Crippen LogP contribution in [0.2, 0.25) is 0 Å². The van der Waals surface area contributed by atoms with Crippen LogP contribution in [0.1, 0.15) is 11.3 Å². The van der Waals surface area contributed by atoms with E-state index in [0.29, 0.717) is 0 Å². The average molecular weight is 300 g/mol. The highest BCUT2D eigenvalue weighted by molar-refractivity contribution is 9.10. The third-order valence-corrected chi connectivity index (χ3v) is 3.86. The van der Waals surface area contributed by atoms with E-state index in [-0.39, 0.29) is 0 Å². The number of fused-ring (bicyclic) bond motifs is 5. The van der Waals surface area contributed by atoms with Crippen molar-refractivity contribution in [3.63, 3.8) is 0 Å². The van der Waals surface area contributed by atoms with Crippen LogP contribution in [0, 0.1) is 0 Å². The summed E-state index contributed by atoms with van der Waals surface area (Å²) in [4.78, 5) is 9.03. The maximum Gasteiger partial charge on any atom is 0.234 e. The van der Waals surface area contributed by atoms with Crippen molar-refractivity contribution in [3.8, 4) is 11.3 Å². The number of hydrogen-bond donors (Lipinski definition) is 0. The molecular formula is C14H10BrN3. The van der Waals surface area contributed by atoms with Crippen molar-refractivity contribution < 1.29 is 0 Å². The Morgan fingerprint density at radius 2 is 2.06 bits per heavy atom. The van der Waals surface area contributed by atoms with E-state index < -0.39 is 0 Å². The predicted octanol–water partition coefficient (Wildman–Crippen LogP) is 3.26. The molecule has 3 nitrogen and oxygen atoms in total. The molecule has 3 aromatic rings. The molecule has 1 aliphatic carbocycles. The molecule has 2 aromatic heterocycles. The highest BCUT2D eigenvalue weighted by atomic mass is 79.9. The largest absolute Gasteiger partial charge is 0.286 e. The van der Waals surface area contributed by atoms with Gasteiger partial charge in [-0.1, -0.05) is 24.3 Å². The van der Waals surface area contributed by atoms with Gasteiger partial charge in [0.05, 0.1) is 15.9 Å². The fourth-order valence-corrected chi connectivity index (χ4v) is 2.94. The number of aryl methyl sites for hydroxylation is 2. The summed E-state index contributed by atoms with van der Waals surface area (Å²) in [7, 11) is 0. The highest BCUT2D eigenvalue weighted by Crippen LogP contribution is 2.33. The van der Waals surface area contributed by atoms with Crippen LogP contribution in [0.25, 0.3) is 17.0 Å². The topological polar surface area (TPSA) is 30.2 Å². The Labute approximate surface area is 113 Å². The summed E-state index contributed by atoms with van der Waals surface area (Å²) < 4.78 is 3.07. The van der Waals surface area contributed by atoms with Gasteiger partial charge in [-0.05, 0) is 34.3 Å². The van der Waals surface area contributed by atoms with Gasteiger partial charge in [0.1, 0.15) is 0 Å². The van der Waals surface area contributed by atoms with Crippen LogP contribution in [0.5, 0.6) is 0 Å². The lowest BCUT2D eigenvalue weighted by molar-refractivity contribution is 0.875. The minimum atomic E-state index is 0.778. The fourth-order valence-electron chi connectivity index (χ4n) is 2.63. The summed E-state index contributed by atoms with van der Waals surface area (Å²) in [6.07, 6.45) is 5.93. The zero-order chi connectivity index (χ0) is 12.1. The first-order chi connectivity index (χ1) is 8.83. The van der Waals surface area contributed by atoms with Crippen LogP contribution in [-0.4, -0.2) is 14.4 Å². The molecule has 0 saturated heterocycles.